The van der Waals surface area contributed by atoms with Crippen molar-refractivity contribution in [1.29, 1.82) is 0 Å². The number of nitrogens with one attached hydrogen (secondary N) is 1. The van der Waals surface area contributed by atoms with E-state index in [1.54, 1.807) is 11.3 Å². The van der Waals surface area contributed by atoms with E-state index in [0.717, 1.165) is 33.1 Å². The van der Waals surface area contributed by atoms with E-state index in [1.165, 1.54) is 0 Å². The summed E-state index contributed by atoms with van der Waals surface area (Å²) in [6.45, 7) is 4.05. The number of hydrogen-bond donors (Lipinski definition) is 1. The molecule has 1 amide bonds. The number of nitrogens with zero attached hydrogens (tertiary/aromatic N) is 1. The van der Waals surface area contributed by atoms with Crippen molar-refractivity contribution >= 4 is 22.9 Å². The van der Waals surface area contributed by atoms with Crippen LogP contribution in [-0.2, 0) is 11.2 Å². The van der Waals surface area contributed by atoms with Gasteiger partial charge in [0.15, 0.2) is 0 Å². The molecule has 1 heterocycles. The predicted octanol–water partition coefficient (Wildman–Crippen LogP) is 4.61. The fourth-order valence-corrected chi connectivity index (χ4v) is 3.34. The van der Waals surface area contributed by atoms with Crippen molar-refractivity contribution in [1.82, 2.24) is 4.98 Å². The molecule has 3 aromatic rings. The van der Waals surface area contributed by atoms with Crippen LogP contribution in [0.25, 0.3) is 10.6 Å². The summed E-state index contributed by atoms with van der Waals surface area (Å²) >= 11 is 1.56. The second-order valence-corrected chi connectivity index (χ2v) is 6.47. The molecule has 0 spiro atoms. The highest BCUT2D eigenvalue weighted by atomic mass is 32.1. The Kier molecular flexibility index (Phi) is 4.53. The summed E-state index contributed by atoms with van der Waals surface area (Å²) < 4.78 is 0. The topological polar surface area (TPSA) is 42.0 Å². The monoisotopic (exact) mass is 322 g/mol. The van der Waals surface area contributed by atoms with Crippen LogP contribution in [0.4, 0.5) is 5.69 Å². The molecule has 4 heteroatoms. The Balaban J connectivity index is 1.68. The van der Waals surface area contributed by atoms with Gasteiger partial charge in [-0.05, 0) is 37.1 Å². The van der Waals surface area contributed by atoms with Crippen LogP contribution in [0, 0.1) is 13.8 Å². The van der Waals surface area contributed by atoms with Crippen LogP contribution in [-0.4, -0.2) is 10.9 Å². The Morgan fingerprint density at radius 3 is 2.48 bits per heavy atom. The first-order valence-corrected chi connectivity index (χ1v) is 8.36. The average Bonchev–Trinajstić information content (AvgIpc) is 2.95. The summed E-state index contributed by atoms with van der Waals surface area (Å²) in [7, 11) is 0. The van der Waals surface area contributed by atoms with Crippen molar-refractivity contribution in [3.63, 3.8) is 0 Å². The summed E-state index contributed by atoms with van der Waals surface area (Å²) in [4.78, 5) is 16.8. The van der Waals surface area contributed by atoms with Gasteiger partial charge < -0.3 is 5.32 Å². The van der Waals surface area contributed by atoms with Crippen LogP contribution < -0.4 is 5.32 Å². The van der Waals surface area contributed by atoms with Crippen molar-refractivity contribution in [3.05, 3.63) is 70.7 Å². The van der Waals surface area contributed by atoms with E-state index < -0.39 is 0 Å². The van der Waals surface area contributed by atoms with E-state index in [0.29, 0.717) is 0 Å². The highest BCUT2D eigenvalue weighted by molar-refractivity contribution is 7.13. The van der Waals surface area contributed by atoms with Gasteiger partial charge in [0.25, 0.3) is 0 Å². The van der Waals surface area contributed by atoms with Crippen molar-refractivity contribution in [3.8, 4) is 10.6 Å². The van der Waals surface area contributed by atoms with Gasteiger partial charge >= 0.3 is 0 Å². The van der Waals surface area contributed by atoms with Crippen LogP contribution in [0.15, 0.2) is 53.9 Å². The highest BCUT2D eigenvalue weighted by Gasteiger charge is 2.09. The number of aromatic nitrogens is 1. The number of carbonyl (C=O) groups is 1. The third kappa shape index (κ3) is 4.05. The summed E-state index contributed by atoms with van der Waals surface area (Å²) in [6, 6.07) is 16.0. The lowest BCUT2D eigenvalue weighted by Gasteiger charge is -2.06. The van der Waals surface area contributed by atoms with Gasteiger partial charge in [-0.1, -0.05) is 36.4 Å². The molecule has 23 heavy (non-hydrogen) atoms. The minimum Gasteiger partial charge on any atom is -0.326 e. The zero-order chi connectivity index (χ0) is 16.2. The van der Waals surface area contributed by atoms with E-state index in [-0.39, 0.29) is 12.3 Å². The lowest BCUT2D eigenvalue weighted by molar-refractivity contribution is -0.115. The molecule has 0 saturated heterocycles. The van der Waals surface area contributed by atoms with E-state index in [9.17, 15) is 4.79 Å². The molecule has 0 aliphatic heterocycles. The molecule has 1 N–H and O–H groups in total. The molecule has 0 aliphatic rings. The van der Waals surface area contributed by atoms with Gasteiger partial charge in [-0.3, -0.25) is 4.79 Å². The maximum absolute atomic E-state index is 12.2. The van der Waals surface area contributed by atoms with Crippen molar-refractivity contribution in [2.24, 2.45) is 0 Å². The van der Waals surface area contributed by atoms with Crippen LogP contribution >= 0.6 is 11.3 Å². The smallest absolute Gasteiger partial charge is 0.230 e. The molecule has 0 aliphatic carbocycles. The standard InChI is InChI=1S/C19H18N2OS/c1-13-8-14(2)10-16(9-13)20-18(22)11-17-12-23-19(21-17)15-6-4-3-5-7-15/h3-10,12H,11H2,1-2H3,(H,20,22). The van der Waals surface area contributed by atoms with Gasteiger partial charge in [-0.2, -0.15) is 0 Å². The summed E-state index contributed by atoms with van der Waals surface area (Å²) in [5.41, 5.74) is 5.00. The lowest BCUT2D eigenvalue weighted by atomic mass is 10.1. The van der Waals surface area contributed by atoms with Crippen molar-refractivity contribution < 1.29 is 4.79 Å². The molecule has 0 atom stereocenters. The molecule has 0 unspecified atom stereocenters. The molecule has 0 bridgehead atoms. The second-order valence-electron chi connectivity index (χ2n) is 5.61. The zero-order valence-corrected chi connectivity index (χ0v) is 14.0. The number of carbonyl (C=O) groups excluding carboxylic acids is 1. The highest BCUT2D eigenvalue weighted by Crippen LogP contribution is 2.23. The number of amides is 1. The van der Waals surface area contributed by atoms with Crippen LogP contribution in [0.5, 0.6) is 0 Å². The number of benzene rings is 2. The predicted molar refractivity (Wildman–Crippen MR) is 95.8 cm³/mol. The van der Waals surface area contributed by atoms with Crippen LogP contribution in [0.1, 0.15) is 16.8 Å². The number of rotatable bonds is 4. The Morgan fingerprint density at radius 1 is 1.09 bits per heavy atom. The SMILES string of the molecule is Cc1cc(C)cc(NC(=O)Cc2csc(-c3ccccc3)n2)c1. The molecule has 3 rings (SSSR count). The van der Waals surface area contributed by atoms with Gasteiger partial charge in [0, 0.05) is 16.6 Å². The summed E-state index contributed by atoms with van der Waals surface area (Å²) in [5.74, 6) is -0.0417. The largest absolute Gasteiger partial charge is 0.326 e. The Morgan fingerprint density at radius 2 is 1.78 bits per heavy atom. The minimum atomic E-state index is -0.0417. The van der Waals surface area contributed by atoms with Gasteiger partial charge in [0.05, 0.1) is 12.1 Å². The van der Waals surface area contributed by atoms with Crippen LogP contribution in [0.3, 0.4) is 0 Å². The third-order valence-electron chi connectivity index (χ3n) is 3.42. The molecule has 116 valence electrons. The number of thiazole rings is 1. The zero-order valence-electron chi connectivity index (χ0n) is 13.2. The molecular formula is C19H18N2OS. The van der Waals surface area contributed by atoms with Gasteiger partial charge in [-0.15, -0.1) is 11.3 Å². The molecule has 2 aromatic carbocycles. The third-order valence-corrected chi connectivity index (χ3v) is 4.36. The average molecular weight is 322 g/mol. The Bertz CT molecular complexity index is 804. The number of hydrogen-bond acceptors (Lipinski definition) is 3. The molecule has 0 fully saturated rings. The second kappa shape index (κ2) is 6.75. The normalized spacial score (nSPS) is 10.5. The fourth-order valence-electron chi connectivity index (χ4n) is 2.52. The van der Waals surface area contributed by atoms with Gasteiger partial charge in [0.2, 0.25) is 5.91 Å². The lowest BCUT2D eigenvalue weighted by Crippen LogP contribution is -2.14. The number of aryl methyl sites for hydroxylation is 2. The summed E-state index contributed by atoms with van der Waals surface area (Å²) in [6.07, 6.45) is 0.288. The molecule has 3 nitrogen and oxygen atoms in total. The van der Waals surface area contributed by atoms with Crippen molar-refractivity contribution in [2.45, 2.75) is 20.3 Å². The number of anilines is 1. The van der Waals surface area contributed by atoms with E-state index >= 15 is 0 Å². The fraction of sp³-hybridized carbons (Fsp3) is 0.158. The van der Waals surface area contributed by atoms with E-state index in [1.807, 2.05) is 61.7 Å². The first kappa shape index (κ1) is 15.4. The quantitative estimate of drug-likeness (QED) is 0.762. The maximum Gasteiger partial charge on any atom is 0.230 e. The Hall–Kier alpha value is -2.46. The minimum absolute atomic E-state index is 0.0417. The van der Waals surface area contributed by atoms with Gasteiger partial charge in [0.1, 0.15) is 5.01 Å². The molecular weight excluding hydrogens is 304 g/mol. The van der Waals surface area contributed by atoms with Gasteiger partial charge in [-0.25, -0.2) is 4.98 Å². The Labute approximate surface area is 140 Å². The first-order chi connectivity index (χ1) is 11.1. The van der Waals surface area contributed by atoms with Crippen molar-refractivity contribution in [2.75, 3.05) is 5.32 Å². The van der Waals surface area contributed by atoms with Crippen LogP contribution in [0.2, 0.25) is 0 Å². The maximum atomic E-state index is 12.2. The summed E-state index contributed by atoms with van der Waals surface area (Å²) in [5, 5.41) is 5.84. The van der Waals surface area contributed by atoms with E-state index in [2.05, 4.69) is 16.4 Å². The molecule has 1 aromatic heterocycles. The first-order valence-electron chi connectivity index (χ1n) is 7.48. The van der Waals surface area contributed by atoms with E-state index in [4.69, 9.17) is 0 Å². The molecule has 0 saturated carbocycles. The molecule has 0 radical (unpaired) electrons.